The number of hydrogen-bond donors (Lipinski definition) is 1. The predicted octanol–water partition coefficient (Wildman–Crippen LogP) is 3.62. The summed E-state index contributed by atoms with van der Waals surface area (Å²) in [5, 5.41) is 2.59. The molecule has 37 heavy (non-hydrogen) atoms. The molecule has 200 valence electrons. The van der Waals surface area contributed by atoms with E-state index in [1.165, 1.54) is 31.2 Å². The largest absolute Gasteiger partial charge is 0.494 e. The molecule has 1 fully saturated rings. The summed E-state index contributed by atoms with van der Waals surface area (Å²) in [5.41, 5.74) is 0.429. The molecule has 0 saturated carbocycles. The second kappa shape index (κ2) is 10.4. The van der Waals surface area contributed by atoms with Gasteiger partial charge in [0.2, 0.25) is 11.9 Å². The number of piperazine rings is 1. The van der Waals surface area contributed by atoms with Crippen LogP contribution in [0.5, 0.6) is 5.75 Å². The number of nitrogens with one attached hydrogen (secondary N) is 1. The van der Waals surface area contributed by atoms with Crippen molar-refractivity contribution in [3.63, 3.8) is 0 Å². The van der Waals surface area contributed by atoms with Crippen molar-refractivity contribution in [3.05, 3.63) is 41.1 Å². The molecular formula is C25H31F3N6O3. The smallest absolute Gasteiger partial charge is 0.412 e. The van der Waals surface area contributed by atoms with Crippen LogP contribution in [0.2, 0.25) is 0 Å². The van der Waals surface area contributed by atoms with E-state index in [0.717, 1.165) is 0 Å². The Kier molecular flexibility index (Phi) is 7.47. The summed E-state index contributed by atoms with van der Waals surface area (Å²) < 4.78 is 48.2. The van der Waals surface area contributed by atoms with Crippen LogP contribution in [0.3, 0.4) is 0 Å². The molecule has 4 rings (SSSR count). The van der Waals surface area contributed by atoms with E-state index in [1.807, 2.05) is 13.8 Å². The number of halogens is 3. The highest BCUT2D eigenvalue weighted by atomic mass is 19.4. The molecule has 0 unspecified atom stereocenters. The van der Waals surface area contributed by atoms with E-state index in [1.54, 1.807) is 21.6 Å². The zero-order valence-corrected chi connectivity index (χ0v) is 21.3. The SMILES string of the molecule is CCOc1ccc([C@H](Nc2nc(N3CCN(C(C)=O)CC3)nc3c2CN(C(C)C)C3=O)C(F)(F)F)cc1. The van der Waals surface area contributed by atoms with Gasteiger partial charge in [-0.05, 0) is 38.5 Å². The number of fused-ring (bicyclic) bond motifs is 1. The second-order valence-electron chi connectivity index (χ2n) is 9.34. The number of aromatic nitrogens is 2. The van der Waals surface area contributed by atoms with Gasteiger partial charge in [0.15, 0.2) is 0 Å². The predicted molar refractivity (Wildman–Crippen MR) is 132 cm³/mol. The fraction of sp³-hybridized carbons (Fsp3) is 0.520. The Morgan fingerprint density at radius 1 is 1.11 bits per heavy atom. The second-order valence-corrected chi connectivity index (χ2v) is 9.34. The summed E-state index contributed by atoms with van der Waals surface area (Å²) in [6, 6.07) is 3.49. The van der Waals surface area contributed by atoms with Crippen molar-refractivity contribution in [1.82, 2.24) is 19.8 Å². The highest BCUT2D eigenvalue weighted by Crippen LogP contribution is 2.39. The van der Waals surface area contributed by atoms with Crippen molar-refractivity contribution in [2.24, 2.45) is 0 Å². The van der Waals surface area contributed by atoms with Gasteiger partial charge < -0.3 is 24.8 Å². The number of rotatable bonds is 7. The lowest BCUT2D eigenvalue weighted by Gasteiger charge is -2.34. The van der Waals surface area contributed by atoms with Gasteiger partial charge in [-0.25, -0.2) is 4.98 Å². The molecule has 2 aliphatic rings. The molecule has 3 heterocycles. The lowest BCUT2D eigenvalue weighted by Crippen LogP contribution is -2.48. The minimum Gasteiger partial charge on any atom is -0.494 e. The molecule has 12 heteroatoms. The fourth-order valence-corrected chi connectivity index (χ4v) is 4.49. The molecule has 1 N–H and O–H groups in total. The Morgan fingerprint density at radius 3 is 2.30 bits per heavy atom. The first-order chi connectivity index (χ1) is 17.5. The molecule has 1 aromatic heterocycles. The van der Waals surface area contributed by atoms with Crippen molar-refractivity contribution in [2.75, 3.05) is 43.0 Å². The zero-order valence-electron chi connectivity index (χ0n) is 21.3. The summed E-state index contributed by atoms with van der Waals surface area (Å²) in [5.74, 6) is 0.213. The van der Waals surface area contributed by atoms with Crippen molar-refractivity contribution in [3.8, 4) is 5.75 Å². The third-order valence-corrected chi connectivity index (χ3v) is 6.55. The number of ether oxygens (including phenoxy) is 1. The van der Waals surface area contributed by atoms with Crippen LogP contribution in [-0.4, -0.2) is 76.6 Å². The Morgan fingerprint density at radius 2 is 1.76 bits per heavy atom. The standard InChI is InChI=1S/C25H31F3N6O3/c1-5-37-18-8-6-17(7-9-18)21(25(26,27)28)30-22-19-14-34(15(2)3)23(36)20(19)29-24(31-22)33-12-10-32(11-13-33)16(4)35/h6-9,15,21H,5,10-14H2,1-4H3,(H,29,30,31)/t21-/m0/s1. The molecule has 9 nitrogen and oxygen atoms in total. The van der Waals surface area contributed by atoms with E-state index >= 15 is 0 Å². The fourth-order valence-electron chi connectivity index (χ4n) is 4.49. The summed E-state index contributed by atoms with van der Waals surface area (Å²) in [4.78, 5) is 38.8. The number of carbonyl (C=O) groups excluding carboxylic acids is 2. The molecule has 0 aliphatic carbocycles. The number of hydrogen-bond acceptors (Lipinski definition) is 7. The first-order valence-electron chi connectivity index (χ1n) is 12.3. The number of nitrogens with zero attached hydrogens (tertiary/aromatic N) is 5. The Bertz CT molecular complexity index is 1150. The molecule has 2 amide bonds. The number of anilines is 2. The van der Waals surface area contributed by atoms with Gasteiger partial charge in [0, 0.05) is 44.7 Å². The molecule has 0 spiro atoms. The molecule has 0 bridgehead atoms. The van der Waals surface area contributed by atoms with Crippen molar-refractivity contribution in [1.29, 1.82) is 0 Å². The van der Waals surface area contributed by atoms with Crippen LogP contribution in [0.4, 0.5) is 24.9 Å². The summed E-state index contributed by atoms with van der Waals surface area (Å²) in [7, 11) is 0. The van der Waals surface area contributed by atoms with E-state index in [4.69, 9.17) is 4.74 Å². The van der Waals surface area contributed by atoms with Gasteiger partial charge in [0.05, 0.1) is 13.2 Å². The van der Waals surface area contributed by atoms with Gasteiger partial charge in [0.1, 0.15) is 23.3 Å². The number of alkyl halides is 3. The number of benzene rings is 1. The average molecular weight is 521 g/mol. The van der Waals surface area contributed by atoms with Gasteiger partial charge in [-0.2, -0.15) is 18.2 Å². The van der Waals surface area contributed by atoms with Crippen LogP contribution < -0.4 is 15.0 Å². The molecular weight excluding hydrogens is 489 g/mol. The number of carbonyl (C=O) groups is 2. The monoisotopic (exact) mass is 520 g/mol. The average Bonchev–Trinajstić information content (AvgIpc) is 3.19. The minimum absolute atomic E-state index is 0.00928. The van der Waals surface area contributed by atoms with E-state index < -0.39 is 12.2 Å². The molecule has 1 saturated heterocycles. The van der Waals surface area contributed by atoms with Crippen molar-refractivity contribution >= 4 is 23.6 Å². The van der Waals surface area contributed by atoms with Crippen LogP contribution >= 0.6 is 0 Å². The van der Waals surface area contributed by atoms with E-state index in [0.29, 0.717) is 44.1 Å². The summed E-state index contributed by atoms with van der Waals surface area (Å²) in [6.07, 6.45) is -4.64. The first-order valence-corrected chi connectivity index (χ1v) is 12.3. The Hall–Kier alpha value is -3.57. The first kappa shape index (κ1) is 26.5. The van der Waals surface area contributed by atoms with Gasteiger partial charge in [-0.1, -0.05) is 12.1 Å². The van der Waals surface area contributed by atoms with E-state index in [9.17, 15) is 22.8 Å². The molecule has 2 aromatic rings. The quantitative estimate of drug-likeness (QED) is 0.596. The lowest BCUT2D eigenvalue weighted by atomic mass is 10.1. The van der Waals surface area contributed by atoms with Crippen LogP contribution in [0.15, 0.2) is 24.3 Å². The maximum Gasteiger partial charge on any atom is 0.412 e. The lowest BCUT2D eigenvalue weighted by molar-refractivity contribution is -0.144. The summed E-state index contributed by atoms with van der Waals surface area (Å²) in [6.45, 7) is 9.14. The third kappa shape index (κ3) is 5.57. The maximum absolute atomic E-state index is 14.3. The summed E-state index contributed by atoms with van der Waals surface area (Å²) >= 11 is 0. The van der Waals surface area contributed by atoms with Crippen molar-refractivity contribution in [2.45, 2.75) is 52.5 Å². The van der Waals surface area contributed by atoms with Crippen LogP contribution in [0.1, 0.15) is 55.4 Å². The van der Waals surface area contributed by atoms with Gasteiger partial charge in [-0.3, -0.25) is 9.59 Å². The molecule has 1 aromatic carbocycles. The van der Waals surface area contributed by atoms with Crippen molar-refractivity contribution < 1.29 is 27.5 Å². The molecule has 2 aliphatic heterocycles. The maximum atomic E-state index is 14.3. The van der Waals surface area contributed by atoms with E-state index in [-0.39, 0.29) is 47.4 Å². The van der Waals surface area contributed by atoms with Gasteiger partial charge >= 0.3 is 6.18 Å². The van der Waals surface area contributed by atoms with Gasteiger partial charge in [-0.15, -0.1) is 0 Å². The zero-order chi connectivity index (χ0) is 26.9. The highest BCUT2D eigenvalue weighted by Gasteiger charge is 2.43. The Labute approximate surface area is 213 Å². The number of amides is 2. The van der Waals surface area contributed by atoms with Crippen LogP contribution in [0, 0.1) is 0 Å². The molecule has 0 radical (unpaired) electrons. The van der Waals surface area contributed by atoms with E-state index in [2.05, 4.69) is 15.3 Å². The highest BCUT2D eigenvalue weighted by molar-refractivity contribution is 5.98. The Balaban J connectivity index is 1.72. The normalized spacial score (nSPS) is 16.8. The molecule has 1 atom stereocenters. The van der Waals surface area contributed by atoms with Gasteiger partial charge in [0.25, 0.3) is 5.91 Å². The minimum atomic E-state index is -4.64. The van der Waals surface area contributed by atoms with Crippen LogP contribution in [-0.2, 0) is 11.3 Å². The topological polar surface area (TPSA) is 90.9 Å². The third-order valence-electron chi connectivity index (χ3n) is 6.55. The van der Waals surface area contributed by atoms with Crippen LogP contribution in [0.25, 0.3) is 0 Å².